The normalized spacial score (nSPS) is 17.5. The molecule has 2 fully saturated rings. The number of rotatable bonds is 9. The lowest BCUT2D eigenvalue weighted by Gasteiger charge is -2.32. The molecule has 3 aromatic heterocycles. The molecule has 5 aromatic rings. The van der Waals surface area contributed by atoms with Crippen molar-refractivity contribution in [1.29, 1.82) is 0 Å². The summed E-state index contributed by atoms with van der Waals surface area (Å²) >= 11 is 1.94. The lowest BCUT2D eigenvalue weighted by Crippen LogP contribution is -2.43. The van der Waals surface area contributed by atoms with E-state index in [4.69, 9.17) is 10.7 Å². The fourth-order valence-corrected chi connectivity index (χ4v) is 8.63. The zero-order valence-corrected chi connectivity index (χ0v) is 32.0. The minimum atomic E-state index is -0.0261. The van der Waals surface area contributed by atoms with E-state index in [9.17, 15) is 9.59 Å². The molecular formula is C41H53N9O2S. The van der Waals surface area contributed by atoms with Crippen molar-refractivity contribution in [1.82, 2.24) is 39.2 Å². The number of likely N-dealkylation sites (tertiary alicyclic amines) is 2. The van der Waals surface area contributed by atoms with Gasteiger partial charge >= 0.3 is 0 Å². The molecule has 280 valence electrons. The summed E-state index contributed by atoms with van der Waals surface area (Å²) in [6.07, 6.45) is 9.57. The maximum Gasteiger partial charge on any atom is 0.269 e. The van der Waals surface area contributed by atoms with Crippen LogP contribution in [-0.4, -0.2) is 91.0 Å². The van der Waals surface area contributed by atoms with Crippen LogP contribution in [0.25, 0.3) is 22.1 Å². The van der Waals surface area contributed by atoms with Crippen molar-refractivity contribution in [3.05, 3.63) is 104 Å². The molecule has 0 amide bonds. The van der Waals surface area contributed by atoms with E-state index < -0.39 is 0 Å². The topological polar surface area (TPSA) is 127 Å². The molecule has 53 heavy (non-hydrogen) atoms. The van der Waals surface area contributed by atoms with Gasteiger partial charge in [0.25, 0.3) is 11.1 Å². The SMILES string of the molecule is Cc1ccc2ncc(=O)n(CCN3CCC(N)CC3)c2c1.Cc1ccc2ncc(=O)n(CCN3CCC(NCc4ccc5c(n4)CCCS5)CC3)c2c1. The Labute approximate surface area is 316 Å². The van der Waals surface area contributed by atoms with Crippen molar-refractivity contribution < 1.29 is 0 Å². The molecule has 2 saturated heterocycles. The molecule has 0 radical (unpaired) electrons. The van der Waals surface area contributed by atoms with Crippen LogP contribution in [0.2, 0.25) is 0 Å². The highest BCUT2D eigenvalue weighted by atomic mass is 32.2. The van der Waals surface area contributed by atoms with Crippen molar-refractivity contribution in [2.45, 2.75) is 89.0 Å². The summed E-state index contributed by atoms with van der Waals surface area (Å²) in [6.45, 7) is 12.3. The maximum atomic E-state index is 12.4. The number of nitrogens with two attached hydrogens (primary N) is 1. The van der Waals surface area contributed by atoms with Crippen molar-refractivity contribution in [2.24, 2.45) is 5.73 Å². The highest BCUT2D eigenvalue weighted by Crippen LogP contribution is 2.28. The molecule has 0 saturated carbocycles. The predicted molar refractivity (Wildman–Crippen MR) is 215 cm³/mol. The van der Waals surface area contributed by atoms with Gasteiger partial charge < -0.3 is 30.0 Å². The standard InChI is InChI=1S/C25H31N5OS.C16H22N4O/c1-18-4-6-21-23(15-18)30(25(31)17-27-21)13-12-29-10-8-19(9-11-29)26-16-20-5-7-24-22(28-20)3-2-14-32-24;1-12-2-3-14-15(10-12)20(16(21)11-18-14)9-8-19-6-4-13(17)5-7-19/h4-7,15,17,19,26H,2-3,8-14,16H2,1H3;2-3,10-11,13H,4-9,17H2,1H3. The molecule has 12 heteroatoms. The monoisotopic (exact) mass is 735 g/mol. The molecule has 3 aliphatic heterocycles. The quantitative estimate of drug-likeness (QED) is 0.223. The van der Waals surface area contributed by atoms with Gasteiger partial charge in [-0.3, -0.25) is 14.6 Å². The summed E-state index contributed by atoms with van der Waals surface area (Å²) in [6, 6.07) is 17.4. The highest BCUT2D eigenvalue weighted by molar-refractivity contribution is 7.99. The Morgan fingerprint density at radius 2 is 1.32 bits per heavy atom. The zero-order valence-electron chi connectivity index (χ0n) is 31.2. The Kier molecular flexibility index (Phi) is 12.3. The second-order valence-electron chi connectivity index (χ2n) is 14.9. The van der Waals surface area contributed by atoms with Crippen LogP contribution in [0, 0.1) is 13.8 Å². The molecule has 0 unspecified atom stereocenters. The lowest BCUT2D eigenvalue weighted by atomic mass is 10.0. The number of nitrogens with zero attached hydrogens (tertiary/aromatic N) is 7. The number of thioether (sulfide) groups is 1. The van der Waals surface area contributed by atoms with E-state index in [2.05, 4.69) is 50.2 Å². The van der Waals surface area contributed by atoms with Crippen molar-refractivity contribution >= 4 is 33.8 Å². The lowest BCUT2D eigenvalue weighted by molar-refractivity contribution is 0.191. The summed E-state index contributed by atoms with van der Waals surface area (Å²) in [5.41, 5.74) is 14.2. The van der Waals surface area contributed by atoms with E-state index in [0.29, 0.717) is 25.2 Å². The third kappa shape index (κ3) is 9.60. The number of benzene rings is 2. The van der Waals surface area contributed by atoms with E-state index >= 15 is 0 Å². The molecule has 6 heterocycles. The molecule has 0 spiro atoms. The first-order valence-corrected chi connectivity index (χ1v) is 20.3. The number of nitrogens with one attached hydrogen (secondary N) is 1. The minimum Gasteiger partial charge on any atom is -0.328 e. The van der Waals surface area contributed by atoms with Crippen LogP contribution in [0.5, 0.6) is 0 Å². The van der Waals surface area contributed by atoms with Gasteiger partial charge in [0.15, 0.2) is 0 Å². The minimum absolute atomic E-state index is 0.0180. The van der Waals surface area contributed by atoms with Gasteiger partial charge in [0.1, 0.15) is 0 Å². The second-order valence-corrected chi connectivity index (χ2v) is 16.0. The molecule has 11 nitrogen and oxygen atoms in total. The van der Waals surface area contributed by atoms with Crippen LogP contribution in [0.1, 0.15) is 54.6 Å². The number of aryl methyl sites for hydroxylation is 3. The van der Waals surface area contributed by atoms with Crippen molar-refractivity contribution in [3.8, 4) is 0 Å². The number of aromatic nitrogens is 5. The van der Waals surface area contributed by atoms with Crippen LogP contribution in [0.4, 0.5) is 0 Å². The van der Waals surface area contributed by atoms with Gasteiger partial charge in [-0.25, -0.2) is 9.97 Å². The summed E-state index contributed by atoms with van der Waals surface area (Å²) in [7, 11) is 0. The molecule has 8 rings (SSSR count). The maximum absolute atomic E-state index is 12.4. The van der Waals surface area contributed by atoms with Crippen LogP contribution in [-0.2, 0) is 26.1 Å². The first-order chi connectivity index (χ1) is 25.8. The van der Waals surface area contributed by atoms with Crippen molar-refractivity contribution in [2.75, 3.05) is 45.0 Å². The van der Waals surface area contributed by atoms with E-state index in [1.54, 1.807) is 0 Å². The highest BCUT2D eigenvalue weighted by Gasteiger charge is 2.20. The Balaban J connectivity index is 0.000000179. The number of fused-ring (bicyclic) bond motifs is 3. The Hall–Kier alpha value is -3.94. The van der Waals surface area contributed by atoms with E-state index in [0.717, 1.165) is 117 Å². The van der Waals surface area contributed by atoms with Gasteiger partial charge in [-0.05, 0) is 132 Å². The number of hydrogen-bond donors (Lipinski definition) is 2. The Morgan fingerprint density at radius 3 is 1.91 bits per heavy atom. The molecular weight excluding hydrogens is 683 g/mol. The van der Waals surface area contributed by atoms with Crippen LogP contribution in [0.3, 0.4) is 0 Å². The Bertz CT molecular complexity index is 2130. The number of piperidine rings is 2. The smallest absolute Gasteiger partial charge is 0.269 e. The summed E-state index contributed by atoms with van der Waals surface area (Å²) in [5.74, 6) is 1.22. The summed E-state index contributed by atoms with van der Waals surface area (Å²) in [5, 5.41) is 3.72. The molecule has 3 N–H and O–H groups in total. The Morgan fingerprint density at radius 1 is 0.755 bits per heavy atom. The fraction of sp³-hybridized carbons (Fsp3) is 0.488. The predicted octanol–water partition coefficient (Wildman–Crippen LogP) is 4.52. The zero-order chi connectivity index (χ0) is 36.7. The first kappa shape index (κ1) is 37.4. The van der Waals surface area contributed by atoms with Crippen LogP contribution < -0.4 is 22.2 Å². The van der Waals surface area contributed by atoms with E-state index in [1.807, 2.05) is 58.2 Å². The molecule has 3 aliphatic rings. The molecule has 0 atom stereocenters. The number of pyridine rings is 1. The average Bonchev–Trinajstić information content (AvgIpc) is 3.17. The van der Waals surface area contributed by atoms with Crippen molar-refractivity contribution in [3.63, 3.8) is 0 Å². The van der Waals surface area contributed by atoms with Gasteiger partial charge in [0, 0.05) is 49.7 Å². The van der Waals surface area contributed by atoms with Gasteiger partial charge in [-0.1, -0.05) is 12.1 Å². The van der Waals surface area contributed by atoms with Gasteiger partial charge in [-0.15, -0.1) is 11.8 Å². The third-order valence-corrected chi connectivity index (χ3v) is 12.1. The molecule has 0 bridgehead atoms. The van der Waals surface area contributed by atoms with Gasteiger partial charge in [0.05, 0.1) is 45.8 Å². The fourth-order valence-electron chi connectivity index (χ4n) is 7.64. The first-order valence-electron chi connectivity index (χ1n) is 19.3. The summed E-state index contributed by atoms with van der Waals surface area (Å²) in [4.78, 5) is 44.2. The molecule has 0 aliphatic carbocycles. The number of hydrogen-bond acceptors (Lipinski definition) is 10. The third-order valence-electron chi connectivity index (χ3n) is 10.9. The molecule has 2 aromatic carbocycles. The average molecular weight is 736 g/mol. The van der Waals surface area contributed by atoms with Gasteiger partial charge in [0.2, 0.25) is 0 Å². The van der Waals surface area contributed by atoms with E-state index in [1.165, 1.54) is 35.2 Å². The second kappa shape index (κ2) is 17.5. The van der Waals surface area contributed by atoms with E-state index in [-0.39, 0.29) is 11.1 Å². The van der Waals surface area contributed by atoms with Gasteiger partial charge in [-0.2, -0.15) is 0 Å². The summed E-state index contributed by atoms with van der Waals surface area (Å²) < 4.78 is 3.71. The van der Waals surface area contributed by atoms with Crippen LogP contribution in [0.15, 0.2) is 75.4 Å². The largest absolute Gasteiger partial charge is 0.328 e. The van der Waals surface area contributed by atoms with Crippen LogP contribution >= 0.6 is 11.8 Å².